The summed E-state index contributed by atoms with van der Waals surface area (Å²) in [5.74, 6) is -0.420. The molecule has 3 aliphatic rings. The zero-order valence-electron chi connectivity index (χ0n) is 17.2. The number of nitrogens with zero attached hydrogens (tertiary/aromatic N) is 3. The van der Waals surface area contributed by atoms with Gasteiger partial charge in [0.05, 0.1) is 19.3 Å². The molecule has 30 heavy (non-hydrogen) atoms. The number of ether oxygens (including phenoxy) is 1. The summed E-state index contributed by atoms with van der Waals surface area (Å²) >= 11 is 0. The molecule has 3 fully saturated rings. The van der Waals surface area contributed by atoms with Crippen LogP contribution < -0.4 is 0 Å². The largest absolute Gasteiger partial charge is 0.465 e. The molecule has 1 aromatic rings. The molecule has 1 aliphatic carbocycles. The summed E-state index contributed by atoms with van der Waals surface area (Å²) in [5, 5.41) is 9.62. The number of halogens is 1. The molecule has 0 radical (unpaired) electrons. The van der Waals surface area contributed by atoms with Gasteiger partial charge < -0.3 is 14.7 Å². The Bertz CT molecular complexity index is 755. The van der Waals surface area contributed by atoms with E-state index < -0.39 is 12.1 Å². The molecule has 1 aromatic carbocycles. The van der Waals surface area contributed by atoms with Crippen LogP contribution in [0.15, 0.2) is 24.3 Å². The van der Waals surface area contributed by atoms with Crippen molar-refractivity contribution in [2.75, 3.05) is 32.7 Å². The van der Waals surface area contributed by atoms with Gasteiger partial charge in [0.1, 0.15) is 11.9 Å². The van der Waals surface area contributed by atoms with Crippen LogP contribution in [0.4, 0.5) is 9.18 Å². The SMILES string of the molecule is O=C([C@H]1C[C@@H](OCc2ccc(F)cc2)CN1C(=O)O)N1CCCN(C2CCC2)CC1. The van der Waals surface area contributed by atoms with Gasteiger partial charge in [-0.05, 0) is 37.0 Å². The monoisotopic (exact) mass is 419 g/mol. The van der Waals surface area contributed by atoms with E-state index in [1.807, 2.05) is 4.90 Å². The van der Waals surface area contributed by atoms with Gasteiger partial charge in [0, 0.05) is 38.6 Å². The van der Waals surface area contributed by atoms with Crippen molar-refractivity contribution in [3.63, 3.8) is 0 Å². The number of amides is 2. The molecule has 0 spiro atoms. The van der Waals surface area contributed by atoms with E-state index in [9.17, 15) is 19.1 Å². The van der Waals surface area contributed by atoms with Crippen LogP contribution in [0.3, 0.4) is 0 Å². The first-order valence-electron chi connectivity index (χ1n) is 10.9. The molecule has 4 rings (SSSR count). The summed E-state index contributed by atoms with van der Waals surface area (Å²) in [4.78, 5) is 30.5. The third kappa shape index (κ3) is 4.75. The Morgan fingerprint density at radius 2 is 1.83 bits per heavy atom. The van der Waals surface area contributed by atoms with E-state index in [0.717, 1.165) is 25.1 Å². The Morgan fingerprint density at radius 1 is 1.07 bits per heavy atom. The number of likely N-dealkylation sites (tertiary alicyclic amines) is 1. The number of carbonyl (C=O) groups is 2. The highest BCUT2D eigenvalue weighted by atomic mass is 19.1. The maximum absolute atomic E-state index is 13.2. The fraction of sp³-hybridized carbons (Fsp3) is 0.636. The lowest BCUT2D eigenvalue weighted by Crippen LogP contribution is -2.49. The van der Waals surface area contributed by atoms with Gasteiger partial charge in [-0.1, -0.05) is 18.6 Å². The van der Waals surface area contributed by atoms with Gasteiger partial charge in [-0.25, -0.2) is 9.18 Å². The van der Waals surface area contributed by atoms with Crippen molar-refractivity contribution >= 4 is 12.0 Å². The lowest BCUT2D eigenvalue weighted by Gasteiger charge is -2.36. The van der Waals surface area contributed by atoms with Gasteiger partial charge in [0.15, 0.2) is 0 Å². The molecule has 2 atom stereocenters. The smallest absolute Gasteiger partial charge is 0.408 e. The highest BCUT2D eigenvalue weighted by Crippen LogP contribution is 2.27. The van der Waals surface area contributed by atoms with Crippen molar-refractivity contribution < 1.29 is 23.8 Å². The van der Waals surface area contributed by atoms with Crippen LogP contribution in [0.1, 0.15) is 37.7 Å². The first-order valence-corrected chi connectivity index (χ1v) is 10.9. The van der Waals surface area contributed by atoms with Gasteiger partial charge in [0.25, 0.3) is 0 Å². The van der Waals surface area contributed by atoms with E-state index in [1.165, 1.54) is 36.3 Å². The van der Waals surface area contributed by atoms with Crippen LogP contribution in [-0.2, 0) is 16.1 Å². The van der Waals surface area contributed by atoms with Crippen LogP contribution in [0.5, 0.6) is 0 Å². The number of rotatable bonds is 5. The van der Waals surface area contributed by atoms with Crippen LogP contribution in [0.25, 0.3) is 0 Å². The van der Waals surface area contributed by atoms with E-state index in [1.54, 1.807) is 12.1 Å². The standard InChI is InChI=1S/C22H30FN3O4/c23-17-7-5-16(6-8-17)15-30-19-13-20(26(14-19)22(28)29)21(27)25-10-2-9-24(11-12-25)18-3-1-4-18/h5-8,18-20H,1-4,9-15H2,(H,28,29)/t19-,20-/m1/s1. The molecular weight excluding hydrogens is 389 g/mol. The summed E-state index contributed by atoms with van der Waals surface area (Å²) in [7, 11) is 0. The second-order valence-corrected chi connectivity index (χ2v) is 8.55. The van der Waals surface area contributed by atoms with E-state index in [-0.39, 0.29) is 31.0 Å². The maximum Gasteiger partial charge on any atom is 0.408 e. The summed E-state index contributed by atoms with van der Waals surface area (Å²) < 4.78 is 18.9. The minimum absolute atomic E-state index is 0.110. The predicted molar refractivity (Wildman–Crippen MR) is 109 cm³/mol. The Morgan fingerprint density at radius 3 is 2.50 bits per heavy atom. The van der Waals surface area contributed by atoms with Crippen LogP contribution in [-0.4, -0.2) is 82.7 Å². The number of carboxylic acid groups (broad SMARTS) is 1. The number of hydrogen-bond acceptors (Lipinski definition) is 4. The van der Waals surface area contributed by atoms with Crippen molar-refractivity contribution in [3.8, 4) is 0 Å². The van der Waals surface area contributed by atoms with Gasteiger partial charge in [-0.15, -0.1) is 0 Å². The normalized spacial score (nSPS) is 25.8. The van der Waals surface area contributed by atoms with Crippen molar-refractivity contribution in [2.24, 2.45) is 0 Å². The highest BCUT2D eigenvalue weighted by molar-refractivity contribution is 5.86. The molecule has 1 N–H and O–H groups in total. The lowest BCUT2D eigenvalue weighted by atomic mass is 9.91. The summed E-state index contributed by atoms with van der Waals surface area (Å²) in [6.45, 7) is 3.63. The number of hydrogen-bond donors (Lipinski definition) is 1. The van der Waals surface area contributed by atoms with Crippen LogP contribution >= 0.6 is 0 Å². The van der Waals surface area contributed by atoms with Crippen LogP contribution in [0.2, 0.25) is 0 Å². The Hall–Kier alpha value is -2.19. The lowest BCUT2D eigenvalue weighted by molar-refractivity contribution is -0.135. The molecule has 2 amide bonds. The minimum atomic E-state index is -1.09. The second kappa shape index (κ2) is 9.31. The topological polar surface area (TPSA) is 73.3 Å². The van der Waals surface area contributed by atoms with Crippen LogP contribution in [0, 0.1) is 5.82 Å². The third-order valence-electron chi connectivity index (χ3n) is 6.63. The average molecular weight is 419 g/mol. The minimum Gasteiger partial charge on any atom is -0.465 e. The van der Waals surface area contributed by atoms with Crippen molar-refractivity contribution in [3.05, 3.63) is 35.6 Å². The highest BCUT2D eigenvalue weighted by Gasteiger charge is 2.42. The number of benzene rings is 1. The molecule has 0 aromatic heterocycles. The number of carbonyl (C=O) groups excluding carboxylic acids is 1. The first-order chi connectivity index (χ1) is 14.5. The van der Waals surface area contributed by atoms with Gasteiger partial charge in [0.2, 0.25) is 5.91 Å². The Labute approximate surface area is 176 Å². The molecular formula is C22H30FN3O4. The summed E-state index contributed by atoms with van der Waals surface area (Å²) in [6.07, 6.45) is 3.62. The summed E-state index contributed by atoms with van der Waals surface area (Å²) in [6, 6.07) is 5.99. The molecule has 7 nitrogen and oxygen atoms in total. The molecule has 2 heterocycles. The van der Waals surface area contributed by atoms with Gasteiger partial charge in [-0.3, -0.25) is 14.6 Å². The van der Waals surface area contributed by atoms with Crippen molar-refractivity contribution in [1.29, 1.82) is 0 Å². The van der Waals surface area contributed by atoms with Gasteiger partial charge in [-0.2, -0.15) is 0 Å². The fourth-order valence-electron chi connectivity index (χ4n) is 4.64. The van der Waals surface area contributed by atoms with Crippen molar-refractivity contribution in [1.82, 2.24) is 14.7 Å². The van der Waals surface area contributed by atoms with E-state index in [2.05, 4.69) is 4.90 Å². The second-order valence-electron chi connectivity index (χ2n) is 8.55. The molecule has 2 saturated heterocycles. The maximum atomic E-state index is 13.2. The van der Waals surface area contributed by atoms with E-state index in [0.29, 0.717) is 25.6 Å². The molecule has 1 saturated carbocycles. The fourth-order valence-corrected chi connectivity index (χ4v) is 4.64. The molecule has 0 unspecified atom stereocenters. The molecule has 2 aliphatic heterocycles. The Balaban J connectivity index is 1.34. The first kappa shape index (κ1) is 21.1. The molecule has 0 bridgehead atoms. The van der Waals surface area contributed by atoms with E-state index in [4.69, 9.17) is 4.74 Å². The van der Waals surface area contributed by atoms with Gasteiger partial charge >= 0.3 is 6.09 Å². The van der Waals surface area contributed by atoms with E-state index >= 15 is 0 Å². The van der Waals surface area contributed by atoms with Crippen molar-refractivity contribution in [2.45, 2.75) is 56.9 Å². The third-order valence-corrected chi connectivity index (χ3v) is 6.63. The quantitative estimate of drug-likeness (QED) is 0.794. The average Bonchev–Trinajstić information content (AvgIpc) is 2.98. The molecule has 164 valence electrons. The Kier molecular flexibility index (Phi) is 6.53. The summed E-state index contributed by atoms with van der Waals surface area (Å²) in [5.41, 5.74) is 0.816. The zero-order valence-corrected chi connectivity index (χ0v) is 17.2. The predicted octanol–water partition coefficient (Wildman–Crippen LogP) is 2.55. The zero-order chi connectivity index (χ0) is 21.1. The molecule has 8 heteroatoms.